The number of amides is 2. The van der Waals surface area contributed by atoms with Crippen LogP contribution in [0, 0.1) is 5.82 Å². The van der Waals surface area contributed by atoms with Gasteiger partial charge >= 0.3 is 0 Å². The van der Waals surface area contributed by atoms with Crippen molar-refractivity contribution in [2.24, 2.45) is 0 Å². The van der Waals surface area contributed by atoms with Crippen LogP contribution in [0.4, 0.5) is 10.1 Å². The van der Waals surface area contributed by atoms with E-state index in [2.05, 4.69) is 21.2 Å². The zero-order valence-corrected chi connectivity index (χ0v) is 22.3. The summed E-state index contributed by atoms with van der Waals surface area (Å²) in [5, 5.41) is 3.01. The molecule has 0 aromatic heterocycles. The summed E-state index contributed by atoms with van der Waals surface area (Å²) < 4.78 is 41.3. The van der Waals surface area contributed by atoms with Gasteiger partial charge in [-0.15, -0.1) is 0 Å². The minimum Gasteiger partial charge on any atom is -0.352 e. The molecule has 1 atom stereocenters. The number of halogens is 2. The third kappa shape index (κ3) is 7.51. The quantitative estimate of drug-likeness (QED) is 0.491. The van der Waals surface area contributed by atoms with Crippen LogP contribution in [0.5, 0.6) is 0 Å². The average molecular weight is 569 g/mol. The van der Waals surface area contributed by atoms with E-state index < -0.39 is 34.3 Å². The molecule has 2 aromatic carbocycles. The summed E-state index contributed by atoms with van der Waals surface area (Å²) in [4.78, 5) is 27.8. The van der Waals surface area contributed by atoms with E-state index in [-0.39, 0.29) is 24.1 Å². The molecule has 1 aliphatic rings. The van der Waals surface area contributed by atoms with E-state index in [4.69, 9.17) is 0 Å². The van der Waals surface area contributed by atoms with Crippen LogP contribution in [0.3, 0.4) is 0 Å². The van der Waals surface area contributed by atoms with Gasteiger partial charge in [0.2, 0.25) is 21.8 Å². The Labute approximate surface area is 214 Å². The summed E-state index contributed by atoms with van der Waals surface area (Å²) in [5.41, 5.74) is 0.557. The number of carbonyl (C=O) groups is 2. The van der Waals surface area contributed by atoms with Gasteiger partial charge in [0.15, 0.2) is 0 Å². The summed E-state index contributed by atoms with van der Waals surface area (Å²) in [7, 11) is -3.81. The number of anilines is 1. The maximum atomic E-state index is 14.5. The maximum Gasteiger partial charge on any atom is 0.244 e. The Morgan fingerprint density at radius 2 is 1.71 bits per heavy atom. The molecule has 7 nitrogen and oxygen atoms in total. The molecule has 190 valence electrons. The topological polar surface area (TPSA) is 86.8 Å². The molecule has 1 saturated carbocycles. The molecule has 0 heterocycles. The van der Waals surface area contributed by atoms with Crippen LogP contribution in [-0.4, -0.2) is 50.0 Å². The molecule has 35 heavy (non-hydrogen) atoms. The van der Waals surface area contributed by atoms with Gasteiger partial charge in [-0.2, -0.15) is 0 Å². The first kappa shape index (κ1) is 27.1. The number of benzene rings is 2. The second-order valence-corrected chi connectivity index (χ2v) is 11.7. The molecule has 2 aromatic rings. The van der Waals surface area contributed by atoms with Gasteiger partial charge in [0.05, 0.1) is 11.9 Å². The second-order valence-electron chi connectivity index (χ2n) is 8.88. The van der Waals surface area contributed by atoms with Gasteiger partial charge in [-0.1, -0.05) is 53.4 Å². The summed E-state index contributed by atoms with van der Waals surface area (Å²) in [5.74, 6) is -1.44. The van der Waals surface area contributed by atoms with Crippen molar-refractivity contribution >= 4 is 43.5 Å². The largest absolute Gasteiger partial charge is 0.352 e. The highest BCUT2D eigenvalue weighted by atomic mass is 79.9. The van der Waals surface area contributed by atoms with Crippen LogP contribution >= 0.6 is 15.9 Å². The van der Waals surface area contributed by atoms with Crippen LogP contribution < -0.4 is 9.62 Å². The summed E-state index contributed by atoms with van der Waals surface area (Å²) >= 11 is 3.32. The van der Waals surface area contributed by atoms with Crippen molar-refractivity contribution in [3.8, 4) is 0 Å². The summed E-state index contributed by atoms with van der Waals surface area (Å²) in [6.07, 6.45) is 5.98. The van der Waals surface area contributed by atoms with Crippen LogP contribution in [0.2, 0.25) is 0 Å². The van der Waals surface area contributed by atoms with Crippen molar-refractivity contribution in [3.05, 3.63) is 64.4 Å². The van der Waals surface area contributed by atoms with Gasteiger partial charge in [0, 0.05) is 22.6 Å². The van der Waals surface area contributed by atoms with Crippen molar-refractivity contribution in [2.75, 3.05) is 17.1 Å². The molecular weight excluding hydrogens is 537 g/mol. The van der Waals surface area contributed by atoms with Crippen LogP contribution in [0.1, 0.15) is 44.6 Å². The van der Waals surface area contributed by atoms with Crippen LogP contribution in [-0.2, 0) is 26.2 Å². The minimum atomic E-state index is -3.81. The molecule has 1 unspecified atom stereocenters. The maximum absolute atomic E-state index is 14.5. The lowest BCUT2D eigenvalue weighted by molar-refractivity contribution is -0.139. The lowest BCUT2D eigenvalue weighted by Crippen LogP contribution is -2.53. The number of hydrogen-bond acceptors (Lipinski definition) is 4. The summed E-state index contributed by atoms with van der Waals surface area (Å²) in [6, 6.07) is 11.7. The zero-order valence-electron chi connectivity index (χ0n) is 19.9. The van der Waals surface area contributed by atoms with E-state index in [1.54, 1.807) is 49.4 Å². The highest BCUT2D eigenvalue weighted by molar-refractivity contribution is 9.10. The average Bonchev–Trinajstić information content (AvgIpc) is 2.82. The smallest absolute Gasteiger partial charge is 0.244 e. The van der Waals surface area contributed by atoms with Gasteiger partial charge < -0.3 is 10.2 Å². The Hall–Kier alpha value is -2.46. The van der Waals surface area contributed by atoms with Crippen molar-refractivity contribution < 1.29 is 22.4 Å². The highest BCUT2D eigenvalue weighted by Crippen LogP contribution is 2.22. The Morgan fingerprint density at radius 1 is 1.09 bits per heavy atom. The molecule has 0 bridgehead atoms. The molecule has 3 rings (SSSR count). The van der Waals surface area contributed by atoms with E-state index >= 15 is 0 Å². The number of sulfonamides is 1. The lowest BCUT2D eigenvalue weighted by atomic mass is 9.95. The number of nitrogens with one attached hydrogen (secondary N) is 1. The van der Waals surface area contributed by atoms with Crippen molar-refractivity contribution in [1.82, 2.24) is 10.2 Å². The third-order valence-corrected chi connectivity index (χ3v) is 7.88. The standard InChI is InChI=1S/C25H31BrFN3O4S/c1-18(25(32)28-21-9-4-3-5-10-21)29(16-19-8-6-7-11-23(19)27)24(31)17-30(35(2,33)34)22-14-12-20(26)13-15-22/h6-8,11-15,18,21H,3-5,9-10,16-17H2,1-2H3,(H,28,32). The molecule has 0 radical (unpaired) electrons. The SMILES string of the molecule is CC(C(=O)NC1CCCCC1)N(Cc1ccccc1F)C(=O)CN(c1ccc(Br)cc1)S(C)(=O)=O. The number of hydrogen-bond donors (Lipinski definition) is 1. The molecule has 0 spiro atoms. The normalized spacial score (nSPS) is 15.3. The second kappa shape index (κ2) is 12.0. The fourth-order valence-corrected chi connectivity index (χ4v) is 5.30. The van der Waals surface area contributed by atoms with E-state index in [1.807, 2.05) is 0 Å². The molecule has 0 aliphatic heterocycles. The van der Waals surface area contributed by atoms with Gasteiger partial charge in [-0.05, 0) is 50.1 Å². The lowest BCUT2D eigenvalue weighted by Gasteiger charge is -2.33. The molecule has 2 amide bonds. The molecule has 1 aliphatic carbocycles. The monoisotopic (exact) mass is 567 g/mol. The van der Waals surface area contributed by atoms with Crippen molar-refractivity contribution in [2.45, 2.75) is 57.7 Å². The first-order chi connectivity index (χ1) is 16.6. The van der Waals surface area contributed by atoms with E-state index in [1.165, 1.54) is 11.0 Å². The van der Waals surface area contributed by atoms with Crippen LogP contribution in [0.15, 0.2) is 53.0 Å². The molecule has 1 fully saturated rings. The van der Waals surface area contributed by atoms with E-state index in [0.29, 0.717) is 5.69 Å². The predicted molar refractivity (Wildman–Crippen MR) is 138 cm³/mol. The number of nitrogens with zero attached hydrogens (tertiary/aromatic N) is 2. The highest BCUT2D eigenvalue weighted by Gasteiger charge is 2.31. The van der Waals surface area contributed by atoms with E-state index in [9.17, 15) is 22.4 Å². The Bertz CT molecular complexity index is 1140. The first-order valence-corrected chi connectivity index (χ1v) is 14.3. The summed E-state index contributed by atoms with van der Waals surface area (Å²) in [6.45, 7) is 0.903. The van der Waals surface area contributed by atoms with Crippen molar-refractivity contribution in [1.29, 1.82) is 0 Å². The Morgan fingerprint density at radius 3 is 2.31 bits per heavy atom. The Balaban J connectivity index is 1.87. The van der Waals surface area contributed by atoms with Gasteiger partial charge in [0.1, 0.15) is 18.4 Å². The molecule has 10 heteroatoms. The minimum absolute atomic E-state index is 0.0411. The zero-order chi connectivity index (χ0) is 25.6. The first-order valence-electron chi connectivity index (χ1n) is 11.6. The van der Waals surface area contributed by atoms with E-state index in [0.717, 1.165) is 47.1 Å². The van der Waals surface area contributed by atoms with Gasteiger partial charge in [0.25, 0.3) is 0 Å². The van der Waals surface area contributed by atoms with Gasteiger partial charge in [-0.3, -0.25) is 13.9 Å². The number of carbonyl (C=O) groups excluding carboxylic acids is 2. The number of rotatable bonds is 9. The molecular formula is C25H31BrFN3O4S. The van der Waals surface area contributed by atoms with Crippen LogP contribution in [0.25, 0.3) is 0 Å². The molecule has 1 N–H and O–H groups in total. The predicted octanol–water partition coefficient (Wildman–Crippen LogP) is 4.22. The fourth-order valence-electron chi connectivity index (χ4n) is 4.18. The van der Waals surface area contributed by atoms with Gasteiger partial charge in [-0.25, -0.2) is 12.8 Å². The third-order valence-electron chi connectivity index (χ3n) is 6.21. The van der Waals surface area contributed by atoms with Crippen molar-refractivity contribution in [3.63, 3.8) is 0 Å². The fraction of sp³-hybridized carbons (Fsp3) is 0.440. The Kier molecular flexibility index (Phi) is 9.29. The molecule has 0 saturated heterocycles.